The molecular weight excluding hydrogens is 757 g/mol. The molecule has 6 nitrogen and oxygen atoms in total. The molecule has 0 saturated heterocycles. The molecule has 0 aliphatic carbocycles. The van der Waals surface area contributed by atoms with Crippen LogP contribution in [0.25, 0.3) is 0 Å². The summed E-state index contributed by atoms with van der Waals surface area (Å²) in [5, 5.41) is 0. The van der Waals surface area contributed by atoms with Crippen LogP contribution >= 0.6 is 0 Å². The molecule has 6 heteroatoms. The molecule has 1 atom stereocenters. The van der Waals surface area contributed by atoms with Gasteiger partial charge in [-0.15, -0.1) is 0 Å². The highest BCUT2D eigenvalue weighted by molar-refractivity contribution is 5.71. The molecule has 0 fully saturated rings. The summed E-state index contributed by atoms with van der Waals surface area (Å²) >= 11 is 0. The average Bonchev–Trinajstić information content (AvgIpc) is 3.26. The van der Waals surface area contributed by atoms with Gasteiger partial charge in [0, 0.05) is 19.3 Å². The van der Waals surface area contributed by atoms with Gasteiger partial charge in [0.15, 0.2) is 6.10 Å². The van der Waals surface area contributed by atoms with Crippen LogP contribution in [0, 0.1) is 0 Å². The predicted molar refractivity (Wildman–Crippen MR) is 261 cm³/mol. The van der Waals surface area contributed by atoms with E-state index in [4.69, 9.17) is 14.2 Å². The Balaban J connectivity index is 4.40. The molecule has 350 valence electrons. The van der Waals surface area contributed by atoms with Crippen molar-refractivity contribution in [2.45, 2.75) is 245 Å². The van der Waals surface area contributed by atoms with Crippen LogP contribution in [0.2, 0.25) is 0 Å². The molecular formula is C55H94O6. The topological polar surface area (TPSA) is 78.9 Å². The minimum atomic E-state index is -0.815. The molecule has 0 aromatic carbocycles. The van der Waals surface area contributed by atoms with Crippen LogP contribution < -0.4 is 0 Å². The Kier molecular flexibility index (Phi) is 46.9. The number of unbranched alkanes of at least 4 members (excludes halogenated alkanes) is 22. The SMILES string of the molecule is CC/C=C\C/C=C\C/C=C\C/C=C\CCC(=O)OC(COC(=O)CCCCCCC/C=C\CCCC)COC(=O)CCCCCCCCCCC/C=C\CCCCCCCC. The maximum Gasteiger partial charge on any atom is 0.306 e. The van der Waals surface area contributed by atoms with Crippen molar-refractivity contribution in [1.82, 2.24) is 0 Å². The molecule has 0 N–H and O–H groups in total. The molecule has 0 spiro atoms. The zero-order valence-electron chi connectivity index (χ0n) is 39.9. The van der Waals surface area contributed by atoms with Crippen LogP contribution in [0.5, 0.6) is 0 Å². The van der Waals surface area contributed by atoms with E-state index in [0.717, 1.165) is 77.0 Å². The van der Waals surface area contributed by atoms with Gasteiger partial charge in [-0.05, 0) is 89.9 Å². The first-order valence-electron chi connectivity index (χ1n) is 25.4. The molecule has 61 heavy (non-hydrogen) atoms. The summed E-state index contributed by atoms with van der Waals surface area (Å²) in [5.41, 5.74) is 0. The number of esters is 3. The molecule has 0 aliphatic heterocycles. The quantitative estimate of drug-likeness (QED) is 0.0263. The van der Waals surface area contributed by atoms with Gasteiger partial charge in [-0.3, -0.25) is 14.4 Å². The van der Waals surface area contributed by atoms with Gasteiger partial charge >= 0.3 is 17.9 Å². The number of rotatable bonds is 45. The van der Waals surface area contributed by atoms with Crippen LogP contribution in [0.3, 0.4) is 0 Å². The van der Waals surface area contributed by atoms with Crippen LogP contribution in [-0.4, -0.2) is 37.2 Å². The van der Waals surface area contributed by atoms with E-state index in [1.165, 1.54) is 116 Å². The lowest BCUT2D eigenvalue weighted by molar-refractivity contribution is -0.166. The molecule has 0 aliphatic rings. The van der Waals surface area contributed by atoms with E-state index in [1.54, 1.807) is 0 Å². The van der Waals surface area contributed by atoms with Crippen molar-refractivity contribution < 1.29 is 28.6 Å². The summed E-state index contributed by atoms with van der Waals surface area (Å²) < 4.78 is 16.7. The van der Waals surface area contributed by atoms with Gasteiger partial charge in [0.2, 0.25) is 0 Å². The minimum absolute atomic E-state index is 0.108. The Hall–Kier alpha value is -3.15. The Bertz CT molecular complexity index is 1160. The maximum atomic E-state index is 12.7. The first-order valence-corrected chi connectivity index (χ1v) is 25.4. The van der Waals surface area contributed by atoms with Crippen molar-refractivity contribution in [3.63, 3.8) is 0 Å². The third kappa shape index (κ3) is 47.7. The Morgan fingerprint density at radius 2 is 0.689 bits per heavy atom. The Morgan fingerprint density at radius 3 is 1.11 bits per heavy atom. The molecule has 1 unspecified atom stereocenters. The highest BCUT2D eigenvalue weighted by atomic mass is 16.6. The summed E-state index contributed by atoms with van der Waals surface area (Å²) in [6, 6.07) is 0. The van der Waals surface area contributed by atoms with Gasteiger partial charge in [-0.2, -0.15) is 0 Å². The fraction of sp³-hybridized carbons (Fsp3) is 0.727. The first kappa shape index (κ1) is 57.9. The largest absolute Gasteiger partial charge is 0.462 e. The smallest absolute Gasteiger partial charge is 0.306 e. The van der Waals surface area contributed by atoms with E-state index in [2.05, 4.69) is 81.5 Å². The summed E-state index contributed by atoms with van der Waals surface area (Å²) in [7, 11) is 0. The highest BCUT2D eigenvalue weighted by Gasteiger charge is 2.19. The summed E-state index contributed by atoms with van der Waals surface area (Å²) in [6.07, 6.45) is 61.9. The van der Waals surface area contributed by atoms with Crippen LogP contribution in [0.4, 0.5) is 0 Å². The van der Waals surface area contributed by atoms with Crippen LogP contribution in [0.15, 0.2) is 72.9 Å². The number of hydrogen-bond donors (Lipinski definition) is 0. The molecule has 0 aromatic heterocycles. The minimum Gasteiger partial charge on any atom is -0.462 e. The van der Waals surface area contributed by atoms with Crippen molar-refractivity contribution in [3.05, 3.63) is 72.9 Å². The summed E-state index contributed by atoms with van der Waals surface area (Å²) in [6.45, 7) is 6.41. The van der Waals surface area contributed by atoms with Gasteiger partial charge in [-0.25, -0.2) is 0 Å². The van der Waals surface area contributed by atoms with E-state index in [1.807, 2.05) is 12.2 Å². The van der Waals surface area contributed by atoms with Crippen molar-refractivity contribution in [1.29, 1.82) is 0 Å². The molecule has 0 heterocycles. The first-order chi connectivity index (χ1) is 30.0. The molecule has 0 radical (unpaired) electrons. The number of allylic oxidation sites excluding steroid dienone is 12. The van der Waals surface area contributed by atoms with Gasteiger partial charge in [0.05, 0.1) is 0 Å². The Labute approximate surface area is 376 Å². The second-order valence-electron chi connectivity index (χ2n) is 16.7. The molecule has 0 saturated carbocycles. The second-order valence-corrected chi connectivity index (χ2v) is 16.7. The number of ether oxygens (including phenoxy) is 3. The molecule has 0 amide bonds. The van der Waals surface area contributed by atoms with Crippen molar-refractivity contribution in [2.75, 3.05) is 13.2 Å². The normalized spacial score (nSPS) is 12.6. The van der Waals surface area contributed by atoms with E-state index < -0.39 is 12.1 Å². The molecule has 0 bridgehead atoms. The van der Waals surface area contributed by atoms with Gasteiger partial charge in [-0.1, -0.05) is 203 Å². The van der Waals surface area contributed by atoms with Crippen molar-refractivity contribution in [3.8, 4) is 0 Å². The van der Waals surface area contributed by atoms with Crippen LogP contribution in [-0.2, 0) is 28.6 Å². The lowest BCUT2D eigenvalue weighted by atomic mass is 10.1. The van der Waals surface area contributed by atoms with Gasteiger partial charge in [0.1, 0.15) is 13.2 Å². The van der Waals surface area contributed by atoms with E-state index in [0.29, 0.717) is 19.3 Å². The van der Waals surface area contributed by atoms with Gasteiger partial charge < -0.3 is 14.2 Å². The Morgan fingerprint density at radius 1 is 0.344 bits per heavy atom. The fourth-order valence-corrected chi connectivity index (χ4v) is 6.84. The molecule has 0 aromatic rings. The number of carbonyl (C=O) groups excluding carboxylic acids is 3. The van der Waals surface area contributed by atoms with Crippen LogP contribution in [0.1, 0.15) is 239 Å². The van der Waals surface area contributed by atoms with Crippen molar-refractivity contribution in [2.24, 2.45) is 0 Å². The third-order valence-corrected chi connectivity index (χ3v) is 10.7. The average molecular weight is 851 g/mol. The van der Waals surface area contributed by atoms with E-state index in [-0.39, 0.29) is 31.6 Å². The predicted octanol–water partition coefficient (Wildman–Crippen LogP) is 16.6. The summed E-state index contributed by atoms with van der Waals surface area (Å²) in [5.74, 6) is -1.00. The van der Waals surface area contributed by atoms with E-state index >= 15 is 0 Å². The van der Waals surface area contributed by atoms with E-state index in [9.17, 15) is 14.4 Å². The lowest BCUT2D eigenvalue weighted by Gasteiger charge is -2.18. The second kappa shape index (κ2) is 49.5. The monoisotopic (exact) mass is 851 g/mol. The highest BCUT2D eigenvalue weighted by Crippen LogP contribution is 2.14. The van der Waals surface area contributed by atoms with Crippen molar-refractivity contribution >= 4 is 17.9 Å². The summed E-state index contributed by atoms with van der Waals surface area (Å²) in [4.78, 5) is 37.8. The molecule has 0 rings (SSSR count). The standard InChI is InChI=1S/C55H94O6/c1-4-7-10-13-16-19-22-24-25-26-27-28-29-31-33-36-39-42-45-48-54(57)60-51-52(50-59-53(56)47-44-41-38-35-32-21-18-15-12-9-6-3)61-55(58)49-46-43-40-37-34-30-23-20-17-14-11-8-5-2/h8,11,15,17-18,20,24-25,30,34,40,43,52H,4-7,9-10,12-14,16,19,21-23,26-29,31-33,35-39,41-42,44-51H2,1-3H3/b11-8-,18-15-,20-17-,25-24-,34-30-,43-40-. The fourth-order valence-electron chi connectivity index (χ4n) is 6.84. The number of carbonyl (C=O) groups is 3. The third-order valence-electron chi connectivity index (χ3n) is 10.7. The maximum absolute atomic E-state index is 12.7. The zero-order valence-corrected chi connectivity index (χ0v) is 39.9. The lowest BCUT2D eigenvalue weighted by Crippen LogP contribution is -2.30. The zero-order chi connectivity index (χ0) is 44.4. The number of hydrogen-bond acceptors (Lipinski definition) is 6. The van der Waals surface area contributed by atoms with Gasteiger partial charge in [0.25, 0.3) is 0 Å².